The molecule has 796 valence electrons. The van der Waals surface area contributed by atoms with Crippen LogP contribution in [0.1, 0.15) is 176 Å². The summed E-state index contributed by atoms with van der Waals surface area (Å²) in [5, 5.41) is 84.7. The highest BCUT2D eigenvalue weighted by molar-refractivity contribution is 7.80. The van der Waals surface area contributed by atoms with Gasteiger partial charge in [0.2, 0.25) is 112 Å². The van der Waals surface area contributed by atoms with Gasteiger partial charge in [-0.25, -0.2) is 0 Å². The average molecular weight is 2030 g/mol. The Bertz CT molecular complexity index is 4940. The minimum Gasteiger partial charge on any atom is -0.391 e. The van der Waals surface area contributed by atoms with E-state index in [2.05, 4.69) is 113 Å². The molecule has 4 aromatic rings. The molecule has 0 aliphatic carbocycles. The van der Waals surface area contributed by atoms with Gasteiger partial charge in [0.05, 0.1) is 43.7 Å². The number of nitrogens with one attached hydrogen (secondary N) is 20. The number of carbonyl (C=O) groups is 19. The fourth-order valence-electron chi connectivity index (χ4n) is 15.0. The van der Waals surface area contributed by atoms with Crippen molar-refractivity contribution in [1.82, 2.24) is 100 Å². The number of guanidine groups is 1. The Hall–Kier alpha value is -13.2. The number of H-pyrrole nitrogens is 2. The summed E-state index contributed by atoms with van der Waals surface area (Å²) in [5.41, 5.74) is 53.0. The summed E-state index contributed by atoms with van der Waals surface area (Å²) < 4.78 is 0. The molecule has 4 rings (SSSR count). The molecule has 143 heavy (non-hydrogen) atoms. The number of primary amides is 3. The molecule has 0 saturated heterocycles. The smallest absolute Gasteiger partial charge is 0.245 e. The Balaban J connectivity index is 1.62. The second-order valence-electron chi connectivity index (χ2n) is 35.9. The van der Waals surface area contributed by atoms with Crippen molar-refractivity contribution in [3.05, 3.63) is 72.1 Å². The zero-order valence-corrected chi connectivity index (χ0v) is 82.9. The molecule has 0 aliphatic heterocycles. The Labute approximate surface area is 833 Å². The van der Waals surface area contributed by atoms with Gasteiger partial charge in [-0.15, -0.1) is 0 Å². The Kier molecular flexibility index (Phi) is 53.7. The van der Waals surface area contributed by atoms with Crippen LogP contribution in [-0.4, -0.2) is 303 Å². The third-order valence-corrected chi connectivity index (χ3v) is 23.4. The van der Waals surface area contributed by atoms with Crippen LogP contribution in [0.15, 0.2) is 60.9 Å². The van der Waals surface area contributed by atoms with Crippen LogP contribution in [0.4, 0.5) is 0 Å². The van der Waals surface area contributed by atoms with Crippen LogP contribution in [0.3, 0.4) is 0 Å². The fourth-order valence-corrected chi connectivity index (χ4v) is 15.3. The monoisotopic (exact) mass is 2030 g/mol. The molecular formula is C91H149N29O22S. The van der Waals surface area contributed by atoms with Gasteiger partial charge in [-0.1, -0.05) is 64.1 Å². The Morgan fingerprint density at radius 2 is 0.685 bits per heavy atom. The van der Waals surface area contributed by atoms with Gasteiger partial charge < -0.3 is 167 Å². The van der Waals surface area contributed by atoms with Crippen molar-refractivity contribution >= 4 is 153 Å². The van der Waals surface area contributed by atoms with Gasteiger partial charge in [-0.05, 0) is 185 Å². The van der Waals surface area contributed by atoms with E-state index < -0.39 is 259 Å². The lowest BCUT2D eigenvalue weighted by molar-refractivity contribution is -0.138. The van der Waals surface area contributed by atoms with Gasteiger partial charge in [0, 0.05) is 59.3 Å². The summed E-state index contributed by atoms with van der Waals surface area (Å²) >= 11 is 4.07. The van der Waals surface area contributed by atoms with E-state index in [0.29, 0.717) is 58.6 Å². The van der Waals surface area contributed by atoms with Gasteiger partial charge in [-0.2, -0.15) is 12.6 Å². The number of hydrogen-bond acceptors (Lipinski definition) is 29. The van der Waals surface area contributed by atoms with Crippen LogP contribution in [0.2, 0.25) is 0 Å². The molecule has 2 aromatic carbocycles. The molecule has 2 heterocycles. The number of fused-ring (bicyclic) bond motifs is 2. The van der Waals surface area contributed by atoms with Gasteiger partial charge in [0.25, 0.3) is 0 Å². The van der Waals surface area contributed by atoms with Crippen molar-refractivity contribution in [1.29, 1.82) is 5.41 Å². The molecule has 52 heteroatoms. The SMILES string of the molecule is CC(C)C[C@H](NC(=O)[C@H](C)NC(=O)[C@H](CCCCN)NC(=O)[C@H](CCCCN)NC(=O)[C@@H](NC(=O)CNC(=O)[C@@H](NC(=O)[C@H](Cc1c[nH]c2ccccc12)NC(=O)[C@@H](NC(=O)[C@H](Cc1c[nH]c2ccccc12)NC(=O)[C@@H](NC(=O)[C@H](CCCCN)NC(=O)[C@H](CC(N)=O)NC(=O)[C@H](CC(N)=O)NC(=O)[C@H](CCCCN)NC(=O)[C@@H](N)CCCNC(=N)N)[C@@H](C)O)[C@@H](C)O)C(C)C)[C@@H](C)O)C(=O)N[C@@H](CS)C(N)=O. The first-order chi connectivity index (χ1) is 67.6. The van der Waals surface area contributed by atoms with E-state index in [1.165, 1.54) is 27.0 Å². The van der Waals surface area contributed by atoms with E-state index in [9.17, 15) is 92.0 Å². The van der Waals surface area contributed by atoms with Crippen LogP contribution in [-0.2, 0) is 104 Å². The number of para-hydroxylation sites is 2. The second kappa shape index (κ2) is 62.9. The van der Waals surface area contributed by atoms with Crippen LogP contribution < -0.4 is 142 Å². The first kappa shape index (κ1) is 122. The number of carbonyl (C=O) groups excluding carboxylic acids is 19. The van der Waals surface area contributed by atoms with Crippen LogP contribution >= 0.6 is 12.6 Å². The maximum atomic E-state index is 15.2. The molecule has 0 saturated carbocycles. The highest BCUT2D eigenvalue weighted by atomic mass is 32.1. The quantitative estimate of drug-likeness (QED) is 0.00845. The van der Waals surface area contributed by atoms with Gasteiger partial charge in [0.1, 0.15) is 90.6 Å². The number of hydrogen-bond donors (Lipinski definition) is 33. The van der Waals surface area contributed by atoms with Crippen molar-refractivity contribution in [3.63, 3.8) is 0 Å². The molecule has 41 N–H and O–H groups in total. The molecule has 19 amide bonds. The number of thiol groups is 1. The minimum atomic E-state index is -2.02. The van der Waals surface area contributed by atoms with Crippen LogP contribution in [0.25, 0.3) is 21.8 Å². The van der Waals surface area contributed by atoms with E-state index >= 15 is 14.4 Å². The van der Waals surface area contributed by atoms with Gasteiger partial charge >= 0.3 is 0 Å². The minimum absolute atomic E-state index is 0.0184. The van der Waals surface area contributed by atoms with Crippen molar-refractivity contribution in [2.24, 2.45) is 63.4 Å². The van der Waals surface area contributed by atoms with E-state index in [0.717, 1.165) is 20.8 Å². The van der Waals surface area contributed by atoms with Crippen molar-refractivity contribution < 1.29 is 106 Å². The molecule has 51 nitrogen and oxygen atoms in total. The lowest BCUT2D eigenvalue weighted by Crippen LogP contribution is -2.63. The number of nitrogens with two attached hydrogens (primary N) is 9. The summed E-state index contributed by atoms with van der Waals surface area (Å²) in [6.45, 7) is 11.2. The predicted molar refractivity (Wildman–Crippen MR) is 530 cm³/mol. The maximum absolute atomic E-state index is 15.2. The number of aliphatic hydroxyl groups excluding tert-OH is 3. The molecule has 0 spiro atoms. The van der Waals surface area contributed by atoms with E-state index in [1.807, 2.05) is 0 Å². The van der Waals surface area contributed by atoms with Crippen LogP contribution in [0, 0.1) is 17.2 Å². The second-order valence-corrected chi connectivity index (χ2v) is 36.3. The topological polar surface area (TPSA) is 879 Å². The van der Waals surface area contributed by atoms with E-state index in [-0.39, 0.29) is 127 Å². The molecule has 0 unspecified atom stereocenters. The summed E-state index contributed by atoms with van der Waals surface area (Å²) in [4.78, 5) is 272. The number of rotatable bonds is 68. The highest BCUT2D eigenvalue weighted by Gasteiger charge is 2.42. The molecule has 0 aliphatic rings. The third-order valence-electron chi connectivity index (χ3n) is 23.0. The number of unbranched alkanes of at least 4 members (excludes halogenated alkanes) is 4. The highest BCUT2D eigenvalue weighted by Crippen LogP contribution is 2.23. The first-order valence-electron chi connectivity index (χ1n) is 47.7. The lowest BCUT2D eigenvalue weighted by atomic mass is 10.00. The predicted octanol–water partition coefficient (Wildman–Crippen LogP) is -9.04. The molecule has 0 radical (unpaired) electrons. The van der Waals surface area contributed by atoms with Gasteiger partial charge in [-0.3, -0.25) is 96.5 Å². The standard InChI is InChI=1S/C91H149N29O22S/c1-45(2)36-62(82(134)116-67(44-143)75(99)127)111-76(128)47(5)106-78(130)58(27-13-17-31-92)108-79(131)60(29-15-19-33-94)110-88(140)72(48(6)121)117-70(126)43-105-87(139)71(46(3)4)118-85(137)63(37-51-41-103-56-25-11-9-22-53(51)56)114-90(142)74(50(8)123)120-86(138)64(38-52-42-104-57-26-12-10-23-54(52)57)115-89(141)73(49(7)122)119-81(133)61(30-16-20-34-95)109-83(135)65(39-68(97)124)113-84(136)66(40-69(98)125)112-80(132)59(28-14-18-32-93)107-77(129)55(96)24-21-35-102-91(100)101/h9-12,22-23,25-26,41-42,45-50,55,58-67,71-74,103-104,121-123,143H,13-21,24,27-40,43-44,92-96H2,1-8H3,(H2,97,124)(H2,98,125)(H2,99,127)(H,105,139)(H,106,130)(H,107,129)(H,108,131)(H,109,135)(H,110,140)(H,111,128)(H,112,132)(H,113,136)(H,114,142)(H,115,141)(H,116,134)(H,117,126)(H,118,137)(H,119,133)(H,120,138)(H4,100,101,102)/t47-,48+,49+,50+,55-,58-,59-,60-,61-,62-,63-,64-,65-,66-,67-,71-,72-,73-,74-/m0/s1. The number of aromatic nitrogens is 2. The van der Waals surface area contributed by atoms with Gasteiger partial charge in [0.15, 0.2) is 5.96 Å². The molecule has 2 aromatic heterocycles. The average Bonchev–Trinajstić information content (AvgIpc) is 1.69. The van der Waals surface area contributed by atoms with Crippen molar-refractivity contribution in [2.75, 3.05) is 45.0 Å². The maximum Gasteiger partial charge on any atom is 0.245 e. The number of aromatic amines is 2. The van der Waals surface area contributed by atoms with Crippen LogP contribution in [0.5, 0.6) is 0 Å². The Morgan fingerprint density at radius 3 is 1.06 bits per heavy atom. The lowest BCUT2D eigenvalue weighted by Gasteiger charge is -2.29. The molecular weight excluding hydrogens is 1880 g/mol. The Morgan fingerprint density at radius 1 is 0.357 bits per heavy atom. The summed E-state index contributed by atoms with van der Waals surface area (Å²) in [7, 11) is 0. The number of aliphatic hydroxyl groups is 3. The summed E-state index contributed by atoms with van der Waals surface area (Å²) in [6, 6.07) is -11.8. The number of amides is 19. The summed E-state index contributed by atoms with van der Waals surface area (Å²) in [6.07, 6.45) is -2.63. The molecule has 0 fully saturated rings. The zero-order chi connectivity index (χ0) is 107. The summed E-state index contributed by atoms with van der Waals surface area (Å²) in [5.74, 6) is -21.2. The van der Waals surface area contributed by atoms with Crippen molar-refractivity contribution in [2.45, 2.75) is 292 Å². The fraction of sp³-hybridized carbons (Fsp3) is 0.604. The zero-order valence-electron chi connectivity index (χ0n) is 82.0. The van der Waals surface area contributed by atoms with E-state index in [1.54, 1.807) is 68.6 Å². The van der Waals surface area contributed by atoms with E-state index in [4.69, 9.17) is 57.0 Å². The number of benzene rings is 2. The molecule has 0 bridgehead atoms. The first-order valence-corrected chi connectivity index (χ1v) is 48.3. The van der Waals surface area contributed by atoms with Crippen molar-refractivity contribution in [3.8, 4) is 0 Å². The normalized spacial score (nSPS) is 15.3. The largest absolute Gasteiger partial charge is 0.391 e. The molecule has 19 atom stereocenters. The third kappa shape index (κ3) is 42.4.